The minimum atomic E-state index is -0.193. The van der Waals surface area contributed by atoms with Gasteiger partial charge in [-0.25, -0.2) is 0 Å². The highest BCUT2D eigenvalue weighted by Crippen LogP contribution is 2.34. The van der Waals surface area contributed by atoms with Crippen molar-refractivity contribution in [2.45, 2.75) is 45.8 Å². The first-order chi connectivity index (χ1) is 7.99. The third-order valence-corrected chi connectivity index (χ3v) is 3.76. The van der Waals surface area contributed by atoms with E-state index in [4.69, 9.17) is 9.47 Å². The molecule has 0 aromatic rings. The van der Waals surface area contributed by atoms with Crippen LogP contribution in [0, 0.1) is 17.8 Å². The Morgan fingerprint density at radius 2 is 2.18 bits per heavy atom. The maximum absolute atomic E-state index is 11.3. The molecule has 0 N–H and O–H groups in total. The molecule has 0 saturated carbocycles. The maximum atomic E-state index is 11.3. The van der Waals surface area contributed by atoms with E-state index < -0.39 is 0 Å². The van der Waals surface area contributed by atoms with Crippen molar-refractivity contribution in [1.29, 1.82) is 0 Å². The summed E-state index contributed by atoms with van der Waals surface area (Å²) in [6, 6.07) is 0. The Kier molecular flexibility index (Phi) is 5.19. The second-order valence-corrected chi connectivity index (χ2v) is 5.20. The fourth-order valence-electron chi connectivity index (χ4n) is 2.62. The number of hydrogen-bond donors (Lipinski definition) is 0. The molecule has 5 atom stereocenters. The molecule has 0 unspecified atom stereocenters. The van der Waals surface area contributed by atoms with Crippen LogP contribution in [0.4, 0.5) is 0 Å². The number of rotatable bonds is 4. The topological polar surface area (TPSA) is 35.5 Å². The molecule has 0 bridgehead atoms. The SMILES string of the molecule is C=C[C@@H](C)[C@H]1O[C@H](CC(=O)OC)[C@H](C)C[C@H]1C. The molecule has 1 saturated heterocycles. The van der Waals surface area contributed by atoms with Gasteiger partial charge in [-0.15, -0.1) is 6.58 Å². The molecular weight excluding hydrogens is 216 g/mol. The summed E-state index contributed by atoms with van der Waals surface area (Å²) in [6.07, 6.45) is 3.51. The molecule has 1 aliphatic heterocycles. The minimum absolute atomic E-state index is 0.0222. The van der Waals surface area contributed by atoms with Gasteiger partial charge in [0.05, 0.1) is 25.7 Å². The van der Waals surface area contributed by atoms with Gasteiger partial charge in [0, 0.05) is 5.92 Å². The number of carbonyl (C=O) groups is 1. The molecular formula is C14H24O3. The number of carbonyl (C=O) groups excluding carboxylic acids is 1. The predicted octanol–water partition coefficient (Wildman–Crippen LogP) is 2.80. The van der Waals surface area contributed by atoms with Gasteiger partial charge in [-0.3, -0.25) is 4.79 Å². The minimum Gasteiger partial charge on any atom is -0.469 e. The van der Waals surface area contributed by atoms with E-state index in [2.05, 4.69) is 27.4 Å². The molecule has 0 aromatic carbocycles. The summed E-state index contributed by atoms with van der Waals surface area (Å²) in [7, 11) is 1.42. The third kappa shape index (κ3) is 3.56. The number of hydrogen-bond acceptors (Lipinski definition) is 3. The summed E-state index contributed by atoms with van der Waals surface area (Å²) in [5.41, 5.74) is 0. The van der Waals surface area contributed by atoms with Crippen molar-refractivity contribution in [2.24, 2.45) is 17.8 Å². The van der Waals surface area contributed by atoms with Crippen molar-refractivity contribution in [3.8, 4) is 0 Å². The highest BCUT2D eigenvalue weighted by Gasteiger charge is 2.36. The molecule has 0 spiro atoms. The Bertz CT molecular complexity index is 275. The quantitative estimate of drug-likeness (QED) is 0.560. The van der Waals surface area contributed by atoms with Crippen LogP contribution in [0.15, 0.2) is 12.7 Å². The Morgan fingerprint density at radius 1 is 1.53 bits per heavy atom. The highest BCUT2D eigenvalue weighted by molar-refractivity contribution is 5.69. The molecule has 98 valence electrons. The lowest BCUT2D eigenvalue weighted by Gasteiger charge is -2.40. The first-order valence-electron chi connectivity index (χ1n) is 6.34. The van der Waals surface area contributed by atoms with Crippen molar-refractivity contribution in [2.75, 3.05) is 7.11 Å². The van der Waals surface area contributed by atoms with Gasteiger partial charge in [-0.05, 0) is 18.3 Å². The van der Waals surface area contributed by atoms with Gasteiger partial charge in [0.1, 0.15) is 0 Å². The molecule has 1 aliphatic rings. The summed E-state index contributed by atoms with van der Waals surface area (Å²) in [5.74, 6) is 1.03. The van der Waals surface area contributed by atoms with Crippen LogP contribution in [-0.4, -0.2) is 25.3 Å². The van der Waals surface area contributed by atoms with Crippen LogP contribution in [0.1, 0.15) is 33.6 Å². The number of esters is 1. The lowest BCUT2D eigenvalue weighted by molar-refractivity contribution is -0.156. The predicted molar refractivity (Wildman–Crippen MR) is 67.6 cm³/mol. The van der Waals surface area contributed by atoms with Crippen LogP contribution in [0.3, 0.4) is 0 Å². The zero-order chi connectivity index (χ0) is 13.0. The van der Waals surface area contributed by atoms with Gasteiger partial charge in [-0.2, -0.15) is 0 Å². The smallest absolute Gasteiger partial charge is 0.308 e. The Balaban J connectivity index is 2.66. The molecule has 1 rings (SSSR count). The van der Waals surface area contributed by atoms with E-state index in [0.29, 0.717) is 24.2 Å². The second-order valence-electron chi connectivity index (χ2n) is 5.20. The molecule has 1 fully saturated rings. The van der Waals surface area contributed by atoms with Crippen molar-refractivity contribution >= 4 is 5.97 Å². The van der Waals surface area contributed by atoms with E-state index in [-0.39, 0.29) is 18.2 Å². The molecule has 0 aromatic heterocycles. The summed E-state index contributed by atoms with van der Waals surface area (Å²) in [5, 5.41) is 0. The second kappa shape index (κ2) is 6.20. The number of ether oxygens (including phenoxy) is 2. The zero-order valence-electron chi connectivity index (χ0n) is 11.3. The zero-order valence-corrected chi connectivity index (χ0v) is 11.3. The van der Waals surface area contributed by atoms with Crippen molar-refractivity contribution < 1.29 is 14.3 Å². The van der Waals surface area contributed by atoms with Crippen molar-refractivity contribution in [3.05, 3.63) is 12.7 Å². The average Bonchev–Trinajstić information content (AvgIpc) is 2.31. The molecule has 0 radical (unpaired) electrons. The molecule has 17 heavy (non-hydrogen) atoms. The van der Waals surface area contributed by atoms with Crippen LogP contribution in [0.2, 0.25) is 0 Å². The normalized spacial score (nSPS) is 35.1. The van der Waals surface area contributed by atoms with Crippen LogP contribution < -0.4 is 0 Å². The van der Waals surface area contributed by atoms with E-state index in [9.17, 15) is 4.79 Å². The molecule has 3 heteroatoms. The molecule has 1 heterocycles. The van der Waals surface area contributed by atoms with Crippen LogP contribution >= 0.6 is 0 Å². The first kappa shape index (κ1) is 14.2. The van der Waals surface area contributed by atoms with Gasteiger partial charge < -0.3 is 9.47 Å². The summed E-state index contributed by atoms with van der Waals surface area (Å²) < 4.78 is 10.8. The van der Waals surface area contributed by atoms with E-state index in [1.165, 1.54) is 7.11 Å². The van der Waals surface area contributed by atoms with Crippen LogP contribution in [0.5, 0.6) is 0 Å². The van der Waals surface area contributed by atoms with Crippen molar-refractivity contribution in [3.63, 3.8) is 0 Å². The van der Waals surface area contributed by atoms with Gasteiger partial charge in [0.15, 0.2) is 0 Å². The molecule has 3 nitrogen and oxygen atoms in total. The Hall–Kier alpha value is -0.830. The van der Waals surface area contributed by atoms with Gasteiger partial charge in [0.25, 0.3) is 0 Å². The van der Waals surface area contributed by atoms with Crippen LogP contribution in [0.25, 0.3) is 0 Å². The number of methoxy groups -OCH3 is 1. The Labute approximate surface area is 104 Å². The van der Waals surface area contributed by atoms with E-state index in [0.717, 1.165) is 6.42 Å². The van der Waals surface area contributed by atoms with Crippen molar-refractivity contribution in [1.82, 2.24) is 0 Å². The summed E-state index contributed by atoms with van der Waals surface area (Å²) in [6.45, 7) is 10.3. The monoisotopic (exact) mass is 240 g/mol. The summed E-state index contributed by atoms with van der Waals surface area (Å²) >= 11 is 0. The van der Waals surface area contributed by atoms with Gasteiger partial charge >= 0.3 is 5.97 Å². The van der Waals surface area contributed by atoms with Gasteiger partial charge in [-0.1, -0.05) is 26.8 Å². The van der Waals surface area contributed by atoms with E-state index in [1.807, 2.05) is 6.08 Å². The Morgan fingerprint density at radius 3 is 2.71 bits per heavy atom. The largest absolute Gasteiger partial charge is 0.469 e. The lowest BCUT2D eigenvalue weighted by Crippen LogP contribution is -2.43. The van der Waals surface area contributed by atoms with E-state index in [1.54, 1.807) is 0 Å². The summed E-state index contributed by atoms with van der Waals surface area (Å²) in [4.78, 5) is 11.3. The maximum Gasteiger partial charge on any atom is 0.308 e. The van der Waals surface area contributed by atoms with E-state index >= 15 is 0 Å². The van der Waals surface area contributed by atoms with Crippen LogP contribution in [-0.2, 0) is 14.3 Å². The highest BCUT2D eigenvalue weighted by atomic mass is 16.5. The van der Waals surface area contributed by atoms with Gasteiger partial charge in [0.2, 0.25) is 0 Å². The first-order valence-corrected chi connectivity index (χ1v) is 6.34. The standard InChI is InChI=1S/C14H24O3/c1-6-9(2)14-11(4)7-10(3)12(17-14)8-13(15)16-5/h6,9-12,14H,1,7-8H2,2-5H3/t9-,10-,11-,12-,14-/m1/s1. The lowest BCUT2D eigenvalue weighted by atomic mass is 9.80. The third-order valence-electron chi connectivity index (χ3n) is 3.76. The molecule has 0 amide bonds. The fourth-order valence-corrected chi connectivity index (χ4v) is 2.62. The average molecular weight is 240 g/mol. The fraction of sp³-hybridized carbons (Fsp3) is 0.786. The molecule has 0 aliphatic carbocycles.